The number of aryl methyl sites for hydroxylation is 1. The molecule has 1 aromatic rings. The Morgan fingerprint density at radius 1 is 0.577 bits per heavy atom. The first-order chi connectivity index (χ1) is 12.6. The van der Waals surface area contributed by atoms with Crippen LogP contribution in [0.3, 0.4) is 0 Å². The highest BCUT2D eigenvalue weighted by Crippen LogP contribution is 2.21. The van der Waals surface area contributed by atoms with E-state index in [9.17, 15) is 0 Å². The first-order valence-electron chi connectivity index (χ1n) is 11.5. The van der Waals surface area contributed by atoms with Gasteiger partial charge in [-0.3, -0.25) is 4.48 Å². The zero-order chi connectivity index (χ0) is 19.1. The van der Waals surface area contributed by atoms with E-state index in [0.29, 0.717) is 0 Å². The molecule has 0 aliphatic rings. The van der Waals surface area contributed by atoms with E-state index in [1.165, 1.54) is 108 Å². The van der Waals surface area contributed by atoms with Gasteiger partial charge in [0.2, 0.25) is 0 Å². The fourth-order valence-electron chi connectivity index (χ4n) is 3.78. The molecule has 1 nitrogen and oxygen atoms in total. The highest BCUT2D eigenvalue weighted by molar-refractivity contribution is 5.43. The van der Waals surface area contributed by atoms with Crippen LogP contribution in [0, 0.1) is 6.92 Å². The van der Waals surface area contributed by atoms with Gasteiger partial charge in [-0.1, -0.05) is 102 Å². The van der Waals surface area contributed by atoms with Crippen molar-refractivity contribution in [3.05, 3.63) is 29.8 Å². The van der Waals surface area contributed by atoms with Crippen molar-refractivity contribution in [3.8, 4) is 0 Å². The Balaban J connectivity index is 1.92. The van der Waals surface area contributed by atoms with Gasteiger partial charge in [-0.25, -0.2) is 0 Å². The topological polar surface area (TPSA) is 0 Å². The van der Waals surface area contributed by atoms with Gasteiger partial charge in [0.05, 0.1) is 20.6 Å². The number of hydrogen-bond donors (Lipinski definition) is 0. The summed E-state index contributed by atoms with van der Waals surface area (Å²) in [7, 11) is 4.68. The number of unbranched alkanes of at least 4 members (excludes halogenated alkanes) is 13. The summed E-state index contributed by atoms with van der Waals surface area (Å²) in [5.41, 5.74) is 2.79. The normalized spacial score (nSPS) is 11.8. The average molecular weight is 361 g/mol. The number of quaternary nitrogens is 1. The molecule has 0 amide bonds. The molecule has 0 aromatic heterocycles. The van der Waals surface area contributed by atoms with Crippen molar-refractivity contribution in [1.29, 1.82) is 0 Å². The maximum Gasteiger partial charge on any atom is 0.132 e. The lowest BCUT2D eigenvalue weighted by Crippen LogP contribution is -2.41. The van der Waals surface area contributed by atoms with E-state index >= 15 is 0 Å². The zero-order valence-electron chi connectivity index (χ0n) is 18.4. The van der Waals surface area contributed by atoms with Gasteiger partial charge in [-0.15, -0.1) is 0 Å². The molecule has 0 aliphatic heterocycles. The molecule has 0 aliphatic carbocycles. The Morgan fingerprint density at radius 3 is 1.38 bits per heavy atom. The van der Waals surface area contributed by atoms with Crippen LogP contribution in [0.1, 0.15) is 102 Å². The van der Waals surface area contributed by atoms with Crippen LogP contribution < -0.4 is 4.48 Å². The minimum Gasteiger partial charge on any atom is -0.296 e. The highest BCUT2D eigenvalue weighted by atomic mass is 15.3. The maximum absolute atomic E-state index is 2.34. The standard InChI is InChI=1S/C25H46N/c1-5-6-7-8-9-10-11-12-13-14-15-16-17-18-23-26(3,4)25-21-19-24(2)20-22-25/h19-22H,5-18,23H2,1-4H3/q+1. The van der Waals surface area contributed by atoms with Gasteiger partial charge in [0.15, 0.2) is 0 Å². The maximum atomic E-state index is 2.34. The number of nitrogens with zero attached hydrogens (tertiary/aromatic N) is 1. The summed E-state index contributed by atoms with van der Waals surface area (Å²) in [4.78, 5) is 0. The zero-order valence-corrected chi connectivity index (χ0v) is 18.4. The van der Waals surface area contributed by atoms with Crippen LogP contribution in [-0.2, 0) is 0 Å². The minimum absolute atomic E-state index is 1.01. The van der Waals surface area contributed by atoms with E-state index in [1.807, 2.05) is 0 Å². The fraction of sp³-hybridized carbons (Fsp3) is 0.760. The van der Waals surface area contributed by atoms with Gasteiger partial charge in [-0.05, 0) is 31.9 Å². The lowest BCUT2D eigenvalue weighted by molar-refractivity contribution is 0.380. The molecule has 1 rings (SSSR count). The number of rotatable bonds is 16. The molecule has 26 heavy (non-hydrogen) atoms. The Hall–Kier alpha value is -0.820. The highest BCUT2D eigenvalue weighted by Gasteiger charge is 2.17. The monoisotopic (exact) mass is 360 g/mol. The Morgan fingerprint density at radius 2 is 0.962 bits per heavy atom. The molecule has 150 valence electrons. The first-order valence-corrected chi connectivity index (χ1v) is 11.5. The summed E-state index contributed by atoms with van der Waals surface area (Å²) in [6, 6.07) is 9.05. The molecule has 1 heteroatoms. The summed E-state index contributed by atoms with van der Waals surface area (Å²) in [6.07, 6.45) is 20.1. The molecule has 0 spiro atoms. The number of benzene rings is 1. The summed E-state index contributed by atoms with van der Waals surface area (Å²) in [5, 5.41) is 0. The minimum atomic E-state index is 1.01. The quantitative estimate of drug-likeness (QED) is 0.207. The average Bonchev–Trinajstić information content (AvgIpc) is 2.62. The van der Waals surface area contributed by atoms with Gasteiger partial charge in [-0.2, -0.15) is 0 Å². The third-order valence-corrected chi connectivity index (χ3v) is 5.80. The summed E-state index contributed by atoms with van der Waals surface area (Å²) in [5.74, 6) is 0. The van der Waals surface area contributed by atoms with Gasteiger partial charge in [0.1, 0.15) is 5.69 Å². The van der Waals surface area contributed by atoms with Crippen LogP contribution in [0.2, 0.25) is 0 Å². The second kappa shape index (κ2) is 14.3. The van der Waals surface area contributed by atoms with Crippen LogP contribution in [0.15, 0.2) is 24.3 Å². The molecule has 0 N–H and O–H groups in total. The lowest BCUT2D eigenvalue weighted by Gasteiger charge is -2.29. The molecule has 0 heterocycles. The summed E-state index contributed by atoms with van der Waals surface area (Å²) >= 11 is 0. The van der Waals surface area contributed by atoms with Crippen molar-refractivity contribution in [1.82, 2.24) is 4.48 Å². The Kier molecular flexibility index (Phi) is 12.7. The van der Waals surface area contributed by atoms with Crippen LogP contribution in [-0.4, -0.2) is 20.6 Å². The van der Waals surface area contributed by atoms with E-state index in [0.717, 1.165) is 4.48 Å². The molecule has 0 saturated carbocycles. The van der Waals surface area contributed by atoms with Crippen molar-refractivity contribution in [2.45, 2.75) is 104 Å². The predicted molar refractivity (Wildman–Crippen MR) is 120 cm³/mol. The summed E-state index contributed by atoms with van der Waals surface area (Å²) in [6.45, 7) is 5.71. The van der Waals surface area contributed by atoms with Crippen molar-refractivity contribution < 1.29 is 0 Å². The fourth-order valence-corrected chi connectivity index (χ4v) is 3.78. The second-order valence-corrected chi connectivity index (χ2v) is 8.84. The molecule has 0 unspecified atom stereocenters. The molecular weight excluding hydrogens is 314 g/mol. The van der Waals surface area contributed by atoms with Gasteiger partial charge in [0, 0.05) is 0 Å². The molecule has 0 radical (unpaired) electrons. The van der Waals surface area contributed by atoms with E-state index in [4.69, 9.17) is 0 Å². The Labute approximate surface area is 164 Å². The van der Waals surface area contributed by atoms with Crippen molar-refractivity contribution >= 4 is 5.69 Å². The van der Waals surface area contributed by atoms with Gasteiger partial charge in [0.25, 0.3) is 0 Å². The predicted octanol–water partition coefficient (Wildman–Crippen LogP) is 8.04. The largest absolute Gasteiger partial charge is 0.296 e. The molecule has 0 fully saturated rings. The van der Waals surface area contributed by atoms with E-state index in [-0.39, 0.29) is 0 Å². The molecule has 0 saturated heterocycles. The van der Waals surface area contributed by atoms with E-state index < -0.39 is 0 Å². The SMILES string of the molecule is CCCCCCCCCCCCCCCC[N+](C)(C)c1ccc(C)cc1. The third kappa shape index (κ3) is 11.0. The first kappa shape index (κ1) is 23.2. The third-order valence-electron chi connectivity index (χ3n) is 5.80. The molecular formula is C25H46N+. The van der Waals surface area contributed by atoms with Gasteiger partial charge < -0.3 is 0 Å². The van der Waals surface area contributed by atoms with Crippen molar-refractivity contribution in [2.75, 3.05) is 20.6 Å². The summed E-state index contributed by atoms with van der Waals surface area (Å²) < 4.78 is 1.01. The van der Waals surface area contributed by atoms with E-state index in [1.54, 1.807) is 0 Å². The molecule has 0 bridgehead atoms. The lowest BCUT2D eigenvalue weighted by atomic mass is 10.0. The molecule has 0 atom stereocenters. The molecule has 1 aromatic carbocycles. The van der Waals surface area contributed by atoms with Gasteiger partial charge >= 0.3 is 0 Å². The van der Waals surface area contributed by atoms with Crippen LogP contribution in [0.4, 0.5) is 5.69 Å². The smallest absolute Gasteiger partial charge is 0.132 e. The Bertz CT molecular complexity index is 432. The van der Waals surface area contributed by atoms with Crippen molar-refractivity contribution in [3.63, 3.8) is 0 Å². The van der Waals surface area contributed by atoms with E-state index in [2.05, 4.69) is 52.2 Å². The van der Waals surface area contributed by atoms with Crippen LogP contribution >= 0.6 is 0 Å². The van der Waals surface area contributed by atoms with Crippen molar-refractivity contribution in [2.24, 2.45) is 0 Å². The van der Waals surface area contributed by atoms with Crippen LogP contribution in [0.25, 0.3) is 0 Å². The van der Waals surface area contributed by atoms with Crippen LogP contribution in [0.5, 0.6) is 0 Å². The number of hydrogen-bond acceptors (Lipinski definition) is 0. The second-order valence-electron chi connectivity index (χ2n) is 8.84.